The third kappa shape index (κ3) is 2.65. The van der Waals surface area contributed by atoms with Gasteiger partial charge in [-0.25, -0.2) is 9.97 Å². The molecule has 3 rings (SSSR count). The molecule has 0 radical (unpaired) electrons. The van der Waals surface area contributed by atoms with Crippen LogP contribution in [0.1, 0.15) is 30.9 Å². The molecule has 0 fully saturated rings. The maximum atomic E-state index is 4.32. The zero-order valence-electron chi connectivity index (χ0n) is 11.6. The van der Waals surface area contributed by atoms with Gasteiger partial charge in [0, 0.05) is 6.54 Å². The molecular weight excluding hydrogens is 266 g/mol. The van der Waals surface area contributed by atoms with E-state index in [0.29, 0.717) is 5.92 Å². The van der Waals surface area contributed by atoms with Crippen molar-refractivity contribution < 1.29 is 0 Å². The Morgan fingerprint density at radius 3 is 2.65 bits per heavy atom. The fourth-order valence-corrected chi connectivity index (χ4v) is 2.87. The quantitative estimate of drug-likeness (QED) is 0.770. The van der Waals surface area contributed by atoms with Crippen molar-refractivity contribution in [3.05, 3.63) is 53.2 Å². The van der Waals surface area contributed by atoms with Crippen LogP contribution in [-0.2, 0) is 6.54 Å². The Kier molecular flexibility index (Phi) is 3.65. The van der Waals surface area contributed by atoms with E-state index >= 15 is 0 Å². The van der Waals surface area contributed by atoms with Crippen LogP contribution in [0.5, 0.6) is 0 Å². The summed E-state index contributed by atoms with van der Waals surface area (Å²) < 4.78 is 0. The molecule has 0 bridgehead atoms. The zero-order chi connectivity index (χ0) is 13.9. The molecule has 0 saturated heterocycles. The molecule has 0 saturated carbocycles. The van der Waals surface area contributed by atoms with Crippen molar-refractivity contribution in [1.82, 2.24) is 9.97 Å². The van der Waals surface area contributed by atoms with Crippen LogP contribution >= 0.6 is 11.3 Å². The van der Waals surface area contributed by atoms with Gasteiger partial charge < -0.3 is 5.32 Å². The fraction of sp³-hybridized carbons (Fsp3) is 0.250. The summed E-state index contributed by atoms with van der Waals surface area (Å²) in [6.45, 7) is 5.20. The first kappa shape index (κ1) is 13.1. The number of hydrogen-bond acceptors (Lipinski definition) is 4. The van der Waals surface area contributed by atoms with Crippen LogP contribution < -0.4 is 5.32 Å². The molecule has 0 spiro atoms. The minimum Gasteiger partial charge on any atom is -0.365 e. The summed E-state index contributed by atoms with van der Waals surface area (Å²) in [4.78, 5) is 9.61. The summed E-state index contributed by atoms with van der Waals surface area (Å²) in [6.07, 6.45) is 1.61. The van der Waals surface area contributed by atoms with Crippen molar-refractivity contribution in [2.45, 2.75) is 26.3 Å². The largest absolute Gasteiger partial charge is 0.365 e. The van der Waals surface area contributed by atoms with E-state index in [1.54, 1.807) is 17.7 Å². The van der Waals surface area contributed by atoms with Gasteiger partial charge in [0.05, 0.1) is 5.39 Å². The van der Waals surface area contributed by atoms with Crippen LogP contribution in [0.3, 0.4) is 0 Å². The van der Waals surface area contributed by atoms with Gasteiger partial charge in [-0.05, 0) is 28.5 Å². The summed E-state index contributed by atoms with van der Waals surface area (Å²) in [7, 11) is 0. The summed E-state index contributed by atoms with van der Waals surface area (Å²) in [6, 6.07) is 10.8. The van der Waals surface area contributed by atoms with E-state index in [1.807, 2.05) is 5.38 Å². The summed E-state index contributed by atoms with van der Waals surface area (Å²) >= 11 is 1.64. The van der Waals surface area contributed by atoms with Crippen molar-refractivity contribution in [2.75, 3.05) is 5.32 Å². The Hall–Kier alpha value is -1.94. The van der Waals surface area contributed by atoms with Crippen LogP contribution in [0.4, 0.5) is 5.82 Å². The predicted molar refractivity (Wildman–Crippen MR) is 85.3 cm³/mol. The van der Waals surface area contributed by atoms with Crippen molar-refractivity contribution in [3.8, 4) is 0 Å². The van der Waals surface area contributed by atoms with Gasteiger partial charge >= 0.3 is 0 Å². The van der Waals surface area contributed by atoms with E-state index in [0.717, 1.165) is 22.6 Å². The monoisotopic (exact) mass is 283 g/mol. The molecule has 1 aromatic carbocycles. The van der Waals surface area contributed by atoms with Crippen molar-refractivity contribution >= 4 is 27.4 Å². The Labute approximate surface area is 122 Å². The average molecular weight is 283 g/mol. The maximum Gasteiger partial charge on any atom is 0.138 e. The second kappa shape index (κ2) is 5.59. The first-order chi connectivity index (χ1) is 9.74. The summed E-state index contributed by atoms with van der Waals surface area (Å²) in [5.74, 6) is 1.48. The minimum atomic E-state index is 0.573. The van der Waals surface area contributed by atoms with Gasteiger partial charge in [0.2, 0.25) is 0 Å². The van der Waals surface area contributed by atoms with Crippen molar-refractivity contribution in [3.63, 3.8) is 0 Å². The van der Waals surface area contributed by atoms with E-state index in [2.05, 4.69) is 59.5 Å². The molecule has 3 aromatic rings. The molecule has 102 valence electrons. The number of nitrogens with one attached hydrogen (secondary N) is 1. The number of anilines is 1. The van der Waals surface area contributed by atoms with Crippen LogP contribution in [0.25, 0.3) is 10.2 Å². The van der Waals surface area contributed by atoms with Gasteiger partial charge in [-0.1, -0.05) is 38.1 Å². The number of fused-ring (bicyclic) bond motifs is 1. The van der Waals surface area contributed by atoms with Crippen molar-refractivity contribution in [1.29, 1.82) is 0 Å². The zero-order valence-corrected chi connectivity index (χ0v) is 12.4. The van der Waals surface area contributed by atoms with E-state index in [4.69, 9.17) is 0 Å². The lowest BCUT2D eigenvalue weighted by Gasteiger charge is -2.09. The standard InChI is InChI=1S/C16H17N3S/c1-11(2)13-5-3-12(4-6-13)9-17-15-14-7-8-20-16(14)19-10-18-15/h3-8,10-11H,9H2,1-2H3,(H,17,18,19). The Balaban J connectivity index is 1.74. The SMILES string of the molecule is CC(C)c1ccc(CNc2ncnc3sccc23)cc1. The molecule has 2 heterocycles. The van der Waals surface area contributed by atoms with Crippen LogP contribution in [0.15, 0.2) is 42.0 Å². The Bertz CT molecular complexity index is 701. The van der Waals surface area contributed by atoms with Gasteiger partial charge in [-0.3, -0.25) is 0 Å². The highest BCUT2D eigenvalue weighted by molar-refractivity contribution is 7.16. The van der Waals surface area contributed by atoms with Gasteiger partial charge in [0.25, 0.3) is 0 Å². The third-order valence-corrected chi connectivity index (χ3v) is 4.19. The average Bonchev–Trinajstić information content (AvgIpc) is 2.94. The molecule has 4 heteroatoms. The highest BCUT2D eigenvalue weighted by Gasteiger charge is 2.04. The topological polar surface area (TPSA) is 37.8 Å². The lowest BCUT2D eigenvalue weighted by Crippen LogP contribution is -2.02. The lowest BCUT2D eigenvalue weighted by atomic mass is 10.0. The Morgan fingerprint density at radius 1 is 1.10 bits per heavy atom. The molecule has 0 aliphatic rings. The summed E-state index contributed by atoms with van der Waals surface area (Å²) in [5, 5.41) is 6.53. The molecule has 0 aliphatic heterocycles. The van der Waals surface area contributed by atoms with Gasteiger partial charge in [0.15, 0.2) is 0 Å². The van der Waals surface area contributed by atoms with Gasteiger partial charge in [-0.2, -0.15) is 0 Å². The van der Waals surface area contributed by atoms with Gasteiger partial charge in [-0.15, -0.1) is 11.3 Å². The number of rotatable bonds is 4. The molecule has 3 nitrogen and oxygen atoms in total. The highest BCUT2D eigenvalue weighted by Crippen LogP contribution is 2.24. The molecule has 2 aromatic heterocycles. The second-order valence-electron chi connectivity index (χ2n) is 5.11. The van der Waals surface area contributed by atoms with Crippen molar-refractivity contribution in [2.24, 2.45) is 0 Å². The first-order valence-corrected chi connectivity index (χ1v) is 7.63. The first-order valence-electron chi connectivity index (χ1n) is 6.75. The second-order valence-corrected chi connectivity index (χ2v) is 6.01. The van der Waals surface area contributed by atoms with E-state index in [-0.39, 0.29) is 0 Å². The smallest absolute Gasteiger partial charge is 0.138 e. The molecule has 20 heavy (non-hydrogen) atoms. The fourth-order valence-electron chi connectivity index (χ4n) is 2.14. The maximum absolute atomic E-state index is 4.32. The lowest BCUT2D eigenvalue weighted by molar-refractivity contribution is 0.865. The number of nitrogens with zero attached hydrogens (tertiary/aromatic N) is 2. The van der Waals surface area contributed by atoms with Gasteiger partial charge in [0.1, 0.15) is 17.0 Å². The molecule has 0 aliphatic carbocycles. The highest BCUT2D eigenvalue weighted by atomic mass is 32.1. The number of thiophene rings is 1. The molecule has 0 amide bonds. The number of aromatic nitrogens is 2. The van der Waals surface area contributed by atoms with Crippen LogP contribution in [-0.4, -0.2) is 9.97 Å². The van der Waals surface area contributed by atoms with Crippen LogP contribution in [0.2, 0.25) is 0 Å². The molecule has 0 unspecified atom stereocenters. The number of benzene rings is 1. The molecule has 0 atom stereocenters. The normalized spacial score (nSPS) is 11.2. The third-order valence-electron chi connectivity index (χ3n) is 3.37. The molecular formula is C16H17N3S. The van der Waals surface area contributed by atoms with E-state index in [1.165, 1.54) is 11.1 Å². The van der Waals surface area contributed by atoms with E-state index < -0.39 is 0 Å². The van der Waals surface area contributed by atoms with E-state index in [9.17, 15) is 0 Å². The summed E-state index contributed by atoms with van der Waals surface area (Å²) in [5.41, 5.74) is 2.63. The predicted octanol–water partition coefficient (Wildman–Crippen LogP) is 4.43. The minimum absolute atomic E-state index is 0.573. The Morgan fingerprint density at radius 2 is 1.90 bits per heavy atom. The number of hydrogen-bond donors (Lipinski definition) is 1. The molecule has 1 N–H and O–H groups in total. The van der Waals surface area contributed by atoms with Crippen LogP contribution in [0, 0.1) is 0 Å².